The Bertz CT molecular complexity index is 932. The number of carboxylic acid groups (broad SMARTS) is 3. The van der Waals surface area contributed by atoms with Gasteiger partial charge in [0.05, 0.1) is 24.6 Å². The van der Waals surface area contributed by atoms with Crippen LogP contribution in [0.3, 0.4) is 0 Å². The second-order valence-corrected chi connectivity index (χ2v) is 7.60. The number of likely N-dealkylation sites (tertiary alicyclic amines) is 1. The Labute approximate surface area is 189 Å². The van der Waals surface area contributed by atoms with Crippen LogP contribution in [0.4, 0.5) is 0 Å². The summed E-state index contributed by atoms with van der Waals surface area (Å²) in [5, 5.41) is 43.3. The van der Waals surface area contributed by atoms with Crippen molar-refractivity contribution in [2.24, 2.45) is 0 Å². The van der Waals surface area contributed by atoms with Crippen LogP contribution in [0.1, 0.15) is 31.4 Å². The summed E-state index contributed by atoms with van der Waals surface area (Å²) in [7, 11) is 0. The topological polar surface area (TPSA) is 194 Å². The van der Waals surface area contributed by atoms with E-state index in [0.29, 0.717) is 5.82 Å². The SMILES string of the molecule is O=C(O)CC(O)(CC(=O)O)C(=O)O.OC1CCN(Cc2ccnc(-c3cccnc3)n2)CC1. The van der Waals surface area contributed by atoms with Crippen molar-refractivity contribution < 1.29 is 39.9 Å². The van der Waals surface area contributed by atoms with Crippen LogP contribution in [0, 0.1) is 0 Å². The lowest BCUT2D eigenvalue weighted by molar-refractivity contribution is -0.170. The Morgan fingerprint density at radius 2 is 1.67 bits per heavy atom. The zero-order chi connectivity index (χ0) is 24.4. The number of hydrogen-bond donors (Lipinski definition) is 5. The van der Waals surface area contributed by atoms with Gasteiger partial charge in [-0.05, 0) is 31.0 Å². The van der Waals surface area contributed by atoms with Gasteiger partial charge in [0.15, 0.2) is 11.4 Å². The van der Waals surface area contributed by atoms with E-state index in [1.807, 2.05) is 18.2 Å². The maximum atomic E-state index is 10.3. The summed E-state index contributed by atoms with van der Waals surface area (Å²) in [5.41, 5.74) is -0.795. The quantitative estimate of drug-likeness (QED) is 0.359. The van der Waals surface area contributed by atoms with Gasteiger partial charge in [-0.15, -0.1) is 0 Å². The zero-order valence-corrected chi connectivity index (χ0v) is 17.7. The third kappa shape index (κ3) is 8.52. The van der Waals surface area contributed by atoms with Gasteiger partial charge < -0.3 is 25.5 Å². The van der Waals surface area contributed by atoms with Gasteiger partial charge >= 0.3 is 17.9 Å². The van der Waals surface area contributed by atoms with Crippen molar-refractivity contribution in [1.29, 1.82) is 0 Å². The van der Waals surface area contributed by atoms with E-state index >= 15 is 0 Å². The average molecular weight is 462 g/mol. The average Bonchev–Trinajstić information content (AvgIpc) is 2.75. The van der Waals surface area contributed by atoms with Gasteiger partial charge in [-0.25, -0.2) is 14.8 Å². The highest BCUT2D eigenvalue weighted by Gasteiger charge is 2.40. The number of piperidine rings is 1. The zero-order valence-electron chi connectivity index (χ0n) is 17.7. The number of rotatable bonds is 8. The molecule has 0 amide bonds. The minimum atomic E-state index is -2.74. The van der Waals surface area contributed by atoms with Crippen LogP contribution < -0.4 is 0 Å². The van der Waals surface area contributed by atoms with Gasteiger partial charge in [0, 0.05) is 43.8 Å². The summed E-state index contributed by atoms with van der Waals surface area (Å²) >= 11 is 0. The van der Waals surface area contributed by atoms with Gasteiger partial charge in [-0.3, -0.25) is 19.5 Å². The molecule has 1 fully saturated rings. The first-order valence-electron chi connectivity index (χ1n) is 10.1. The van der Waals surface area contributed by atoms with E-state index in [-0.39, 0.29) is 6.10 Å². The summed E-state index contributed by atoms with van der Waals surface area (Å²) < 4.78 is 0. The largest absolute Gasteiger partial charge is 0.481 e. The highest BCUT2D eigenvalue weighted by Crippen LogP contribution is 2.17. The lowest BCUT2D eigenvalue weighted by Crippen LogP contribution is -2.42. The van der Waals surface area contributed by atoms with Crippen LogP contribution >= 0.6 is 0 Å². The number of aromatic nitrogens is 3. The Kier molecular flexibility index (Phi) is 9.33. The smallest absolute Gasteiger partial charge is 0.336 e. The van der Waals surface area contributed by atoms with E-state index in [2.05, 4.69) is 19.9 Å². The molecule has 1 saturated heterocycles. The molecule has 3 heterocycles. The molecule has 0 atom stereocenters. The van der Waals surface area contributed by atoms with E-state index < -0.39 is 36.4 Å². The van der Waals surface area contributed by atoms with Crippen molar-refractivity contribution >= 4 is 17.9 Å². The molecule has 0 bridgehead atoms. The lowest BCUT2D eigenvalue weighted by atomic mass is 9.96. The second kappa shape index (κ2) is 11.9. The Hall–Kier alpha value is -3.48. The second-order valence-electron chi connectivity index (χ2n) is 7.60. The first kappa shape index (κ1) is 25.8. The molecule has 1 aliphatic rings. The molecular weight excluding hydrogens is 436 g/mol. The van der Waals surface area contributed by atoms with Crippen molar-refractivity contribution in [3.8, 4) is 11.4 Å². The van der Waals surface area contributed by atoms with Crippen LogP contribution in [0.5, 0.6) is 0 Å². The van der Waals surface area contributed by atoms with Crippen LogP contribution in [-0.2, 0) is 20.9 Å². The van der Waals surface area contributed by atoms with Crippen LogP contribution in [0.25, 0.3) is 11.4 Å². The molecule has 3 rings (SSSR count). The Balaban J connectivity index is 0.000000260. The normalized spacial score (nSPS) is 14.7. The highest BCUT2D eigenvalue weighted by molar-refractivity contribution is 5.88. The lowest BCUT2D eigenvalue weighted by Gasteiger charge is -2.29. The fourth-order valence-corrected chi connectivity index (χ4v) is 3.14. The minimum Gasteiger partial charge on any atom is -0.481 e. The number of nitrogens with zero attached hydrogens (tertiary/aromatic N) is 4. The molecule has 0 aromatic carbocycles. The predicted molar refractivity (Wildman–Crippen MR) is 113 cm³/mol. The van der Waals surface area contributed by atoms with Crippen LogP contribution in [0.2, 0.25) is 0 Å². The van der Waals surface area contributed by atoms with E-state index in [4.69, 9.17) is 20.4 Å². The van der Waals surface area contributed by atoms with Crippen LogP contribution in [-0.4, -0.2) is 88.1 Å². The number of carboxylic acids is 3. The van der Waals surface area contributed by atoms with Gasteiger partial charge in [-0.2, -0.15) is 0 Å². The first-order valence-corrected chi connectivity index (χ1v) is 10.1. The predicted octanol–water partition coefficient (Wildman–Crippen LogP) is 0.247. The first-order chi connectivity index (χ1) is 15.6. The minimum absolute atomic E-state index is 0.136. The van der Waals surface area contributed by atoms with Gasteiger partial charge in [0.25, 0.3) is 0 Å². The molecule has 12 nitrogen and oxygen atoms in total. The molecule has 0 aliphatic carbocycles. The number of aliphatic carboxylic acids is 3. The molecular formula is C21H26N4O8. The van der Waals surface area contributed by atoms with Gasteiger partial charge in [0.1, 0.15) is 0 Å². The van der Waals surface area contributed by atoms with E-state index in [0.717, 1.165) is 43.7 Å². The molecule has 0 saturated carbocycles. The Morgan fingerprint density at radius 3 is 2.18 bits per heavy atom. The number of aliphatic hydroxyl groups is 2. The summed E-state index contributed by atoms with van der Waals surface area (Å²) in [6.07, 6.45) is 4.58. The monoisotopic (exact) mass is 462 g/mol. The maximum Gasteiger partial charge on any atom is 0.336 e. The number of aliphatic hydroxyl groups excluding tert-OH is 1. The van der Waals surface area contributed by atoms with Crippen molar-refractivity contribution in [3.63, 3.8) is 0 Å². The molecule has 12 heteroatoms. The molecule has 33 heavy (non-hydrogen) atoms. The summed E-state index contributed by atoms with van der Waals surface area (Å²) in [4.78, 5) is 45.8. The van der Waals surface area contributed by atoms with E-state index in [9.17, 15) is 19.5 Å². The number of hydrogen-bond acceptors (Lipinski definition) is 9. The third-order valence-electron chi connectivity index (χ3n) is 4.86. The standard InChI is InChI=1S/C15H18N4O.C6H8O7/c20-14-4-8-19(9-5-14)11-13-3-7-17-15(18-13)12-2-1-6-16-10-12;7-3(8)1-6(13,5(11)12)2-4(9)10/h1-3,6-7,10,14,20H,4-5,8-9,11H2;13H,1-2H2,(H,7,8)(H,9,10)(H,11,12). The Morgan fingerprint density at radius 1 is 1.03 bits per heavy atom. The van der Waals surface area contributed by atoms with Crippen LogP contribution in [0.15, 0.2) is 36.8 Å². The van der Waals surface area contributed by atoms with Crippen molar-refractivity contribution in [3.05, 3.63) is 42.5 Å². The fourth-order valence-electron chi connectivity index (χ4n) is 3.14. The molecule has 1 aliphatic heterocycles. The highest BCUT2D eigenvalue weighted by atomic mass is 16.4. The van der Waals surface area contributed by atoms with E-state index in [1.165, 1.54) is 0 Å². The molecule has 5 N–H and O–H groups in total. The molecule has 2 aromatic heterocycles. The molecule has 178 valence electrons. The maximum absolute atomic E-state index is 10.3. The summed E-state index contributed by atoms with van der Waals surface area (Å²) in [5.74, 6) is -4.30. The third-order valence-corrected chi connectivity index (χ3v) is 4.86. The molecule has 0 spiro atoms. The molecule has 2 aromatic rings. The van der Waals surface area contributed by atoms with E-state index in [1.54, 1.807) is 18.6 Å². The van der Waals surface area contributed by atoms with Crippen molar-refractivity contribution in [2.75, 3.05) is 13.1 Å². The van der Waals surface area contributed by atoms with Gasteiger partial charge in [-0.1, -0.05) is 0 Å². The van der Waals surface area contributed by atoms with Gasteiger partial charge in [0.2, 0.25) is 0 Å². The molecule has 0 radical (unpaired) electrons. The van der Waals surface area contributed by atoms with Crippen molar-refractivity contribution in [1.82, 2.24) is 19.9 Å². The summed E-state index contributed by atoms with van der Waals surface area (Å²) in [6.45, 7) is 2.66. The summed E-state index contributed by atoms with van der Waals surface area (Å²) in [6, 6.07) is 5.80. The number of pyridine rings is 1. The molecule has 0 unspecified atom stereocenters. The fraction of sp³-hybridized carbons (Fsp3) is 0.429. The van der Waals surface area contributed by atoms with Crippen molar-refractivity contribution in [2.45, 2.75) is 43.9 Å². The number of carbonyl (C=O) groups is 3.